The number of ether oxygens (including phenoxy) is 2. The predicted octanol–water partition coefficient (Wildman–Crippen LogP) is 6.85. The van der Waals surface area contributed by atoms with Crippen molar-refractivity contribution in [3.63, 3.8) is 0 Å². The van der Waals surface area contributed by atoms with Gasteiger partial charge in [-0.1, -0.05) is 57.9 Å². The van der Waals surface area contributed by atoms with Crippen molar-refractivity contribution in [2.75, 3.05) is 12.4 Å². The lowest BCUT2D eigenvalue weighted by molar-refractivity contribution is -0.112. The first-order valence-corrected chi connectivity index (χ1v) is 11.2. The third-order valence-electron chi connectivity index (χ3n) is 4.90. The number of amides is 1. The molecule has 0 fully saturated rings. The number of aryl methyl sites for hydroxylation is 2. The van der Waals surface area contributed by atoms with Crippen molar-refractivity contribution >= 4 is 45.2 Å². The molecule has 5 nitrogen and oxygen atoms in total. The van der Waals surface area contributed by atoms with E-state index in [9.17, 15) is 10.1 Å². The Hall–Kier alpha value is -3.27. The molecular weight excluding hydrogens is 504 g/mol. The van der Waals surface area contributed by atoms with E-state index in [1.165, 1.54) is 13.2 Å². The minimum absolute atomic E-state index is 0.0593. The molecule has 168 valence electrons. The van der Waals surface area contributed by atoms with Gasteiger partial charge in [0.25, 0.3) is 5.91 Å². The Morgan fingerprint density at radius 3 is 2.64 bits per heavy atom. The first-order chi connectivity index (χ1) is 15.8. The summed E-state index contributed by atoms with van der Waals surface area (Å²) >= 11 is 9.96. The second-order valence-corrected chi connectivity index (χ2v) is 8.62. The van der Waals surface area contributed by atoms with Crippen LogP contribution in [0.15, 0.2) is 64.6 Å². The Bertz CT molecular complexity index is 1260. The minimum atomic E-state index is -0.504. The fourth-order valence-electron chi connectivity index (χ4n) is 3.10. The largest absolute Gasteiger partial charge is 0.493 e. The van der Waals surface area contributed by atoms with E-state index >= 15 is 0 Å². The van der Waals surface area contributed by atoms with Crippen LogP contribution in [-0.2, 0) is 11.4 Å². The number of methoxy groups -OCH3 is 1. The van der Waals surface area contributed by atoms with Crippen LogP contribution in [0.2, 0.25) is 5.02 Å². The quantitative estimate of drug-likeness (QED) is 0.270. The molecule has 3 rings (SSSR count). The van der Waals surface area contributed by atoms with Gasteiger partial charge in [-0.25, -0.2) is 0 Å². The number of anilines is 1. The molecule has 0 radical (unpaired) electrons. The number of halogens is 2. The number of hydrogen-bond acceptors (Lipinski definition) is 4. The molecule has 0 bridgehead atoms. The van der Waals surface area contributed by atoms with Crippen molar-refractivity contribution in [3.8, 4) is 17.6 Å². The van der Waals surface area contributed by atoms with Crippen molar-refractivity contribution < 1.29 is 14.3 Å². The highest BCUT2D eigenvalue weighted by molar-refractivity contribution is 9.10. The lowest BCUT2D eigenvalue weighted by Crippen LogP contribution is -2.14. The van der Waals surface area contributed by atoms with Crippen molar-refractivity contribution in [2.24, 2.45) is 0 Å². The van der Waals surface area contributed by atoms with Crippen LogP contribution in [0.4, 0.5) is 5.69 Å². The summed E-state index contributed by atoms with van der Waals surface area (Å²) in [6.45, 7) is 4.11. The molecule has 0 aliphatic rings. The van der Waals surface area contributed by atoms with Crippen LogP contribution in [0.5, 0.6) is 11.5 Å². The van der Waals surface area contributed by atoms with Crippen molar-refractivity contribution in [1.82, 2.24) is 0 Å². The van der Waals surface area contributed by atoms with Crippen molar-refractivity contribution in [3.05, 3.63) is 91.9 Å². The number of nitrogens with one attached hydrogen (secondary N) is 1. The van der Waals surface area contributed by atoms with E-state index in [2.05, 4.69) is 21.2 Å². The lowest BCUT2D eigenvalue weighted by atomic mass is 10.1. The number of carbonyl (C=O) groups excluding carboxylic acids is 1. The van der Waals surface area contributed by atoms with Crippen LogP contribution in [0, 0.1) is 25.2 Å². The van der Waals surface area contributed by atoms with E-state index < -0.39 is 5.91 Å². The summed E-state index contributed by atoms with van der Waals surface area (Å²) in [5.41, 5.74) is 4.01. The monoisotopic (exact) mass is 524 g/mol. The van der Waals surface area contributed by atoms with Crippen LogP contribution in [0.25, 0.3) is 6.08 Å². The minimum Gasteiger partial charge on any atom is -0.493 e. The number of nitrogens with zero attached hydrogens (tertiary/aromatic N) is 1. The molecule has 3 aromatic carbocycles. The van der Waals surface area contributed by atoms with Gasteiger partial charge in [0, 0.05) is 15.7 Å². The van der Waals surface area contributed by atoms with Gasteiger partial charge in [-0.2, -0.15) is 5.26 Å². The van der Waals surface area contributed by atoms with Gasteiger partial charge in [0.05, 0.1) is 12.1 Å². The van der Waals surface area contributed by atoms with E-state index in [-0.39, 0.29) is 12.2 Å². The van der Waals surface area contributed by atoms with Crippen LogP contribution in [0.1, 0.15) is 22.3 Å². The number of nitriles is 1. The summed E-state index contributed by atoms with van der Waals surface area (Å²) in [6, 6.07) is 18.7. The number of hydrogen-bond donors (Lipinski definition) is 1. The maximum atomic E-state index is 12.7. The molecule has 0 saturated heterocycles. The fraction of sp³-hybridized carbons (Fsp3) is 0.154. The fourth-order valence-corrected chi connectivity index (χ4v) is 3.78. The smallest absolute Gasteiger partial charge is 0.266 e. The van der Waals surface area contributed by atoms with E-state index in [0.717, 1.165) is 21.2 Å². The SMILES string of the molecule is COc1cc(/C=C(\C#N)C(=O)Nc2cc(C)ccc2C)cc(Cl)c1OCc1ccccc1Br. The van der Waals surface area contributed by atoms with Gasteiger partial charge in [0.2, 0.25) is 0 Å². The second kappa shape index (κ2) is 11.0. The maximum Gasteiger partial charge on any atom is 0.266 e. The number of rotatable bonds is 7. The summed E-state index contributed by atoms with van der Waals surface area (Å²) < 4.78 is 12.3. The summed E-state index contributed by atoms with van der Waals surface area (Å²) in [5.74, 6) is 0.272. The first kappa shape index (κ1) is 24.4. The van der Waals surface area contributed by atoms with E-state index in [1.807, 2.05) is 62.4 Å². The van der Waals surface area contributed by atoms with Crippen LogP contribution in [0.3, 0.4) is 0 Å². The topological polar surface area (TPSA) is 71.3 Å². The third-order valence-corrected chi connectivity index (χ3v) is 5.95. The molecule has 0 unspecified atom stereocenters. The molecule has 1 N–H and O–H groups in total. The number of carbonyl (C=O) groups is 1. The van der Waals surface area contributed by atoms with Crippen LogP contribution in [-0.4, -0.2) is 13.0 Å². The summed E-state index contributed by atoms with van der Waals surface area (Å²) in [5, 5.41) is 12.7. The molecular formula is C26H22BrClN2O3. The Morgan fingerprint density at radius 1 is 1.18 bits per heavy atom. The van der Waals surface area contributed by atoms with Gasteiger partial charge in [0.15, 0.2) is 11.5 Å². The number of benzene rings is 3. The van der Waals surface area contributed by atoms with Gasteiger partial charge in [-0.05, 0) is 60.9 Å². The molecule has 3 aromatic rings. The van der Waals surface area contributed by atoms with Gasteiger partial charge >= 0.3 is 0 Å². The molecule has 0 saturated carbocycles. The Balaban J connectivity index is 1.85. The Labute approximate surface area is 206 Å². The zero-order valence-electron chi connectivity index (χ0n) is 18.4. The predicted molar refractivity (Wildman–Crippen MR) is 135 cm³/mol. The van der Waals surface area contributed by atoms with Crippen LogP contribution >= 0.6 is 27.5 Å². The highest BCUT2D eigenvalue weighted by atomic mass is 79.9. The van der Waals surface area contributed by atoms with Crippen LogP contribution < -0.4 is 14.8 Å². The lowest BCUT2D eigenvalue weighted by Gasteiger charge is -2.14. The van der Waals surface area contributed by atoms with Gasteiger partial charge in [0.1, 0.15) is 18.2 Å². The molecule has 0 atom stereocenters. The van der Waals surface area contributed by atoms with E-state index in [0.29, 0.717) is 27.8 Å². The Kier molecular flexibility index (Phi) is 8.16. The maximum absolute atomic E-state index is 12.7. The van der Waals surface area contributed by atoms with Gasteiger partial charge in [-0.15, -0.1) is 0 Å². The molecule has 0 heterocycles. The normalized spacial score (nSPS) is 11.0. The molecule has 33 heavy (non-hydrogen) atoms. The van der Waals surface area contributed by atoms with E-state index in [4.69, 9.17) is 21.1 Å². The average Bonchev–Trinajstić information content (AvgIpc) is 2.79. The zero-order valence-corrected chi connectivity index (χ0v) is 20.8. The van der Waals surface area contributed by atoms with Gasteiger partial charge in [-0.3, -0.25) is 4.79 Å². The highest BCUT2D eigenvalue weighted by Gasteiger charge is 2.15. The molecule has 1 amide bonds. The van der Waals surface area contributed by atoms with Gasteiger partial charge < -0.3 is 14.8 Å². The van der Waals surface area contributed by atoms with Crippen molar-refractivity contribution in [1.29, 1.82) is 5.26 Å². The summed E-state index contributed by atoms with van der Waals surface area (Å²) in [7, 11) is 1.50. The Morgan fingerprint density at radius 2 is 1.94 bits per heavy atom. The van der Waals surface area contributed by atoms with E-state index in [1.54, 1.807) is 12.1 Å². The standard InChI is InChI=1S/C26H22BrClN2O3/c1-16-8-9-17(2)23(10-16)30-26(31)20(14-29)11-18-12-22(28)25(24(13-18)32-3)33-15-19-6-4-5-7-21(19)27/h4-13H,15H2,1-3H3,(H,30,31)/b20-11+. The van der Waals surface area contributed by atoms with Crippen molar-refractivity contribution in [2.45, 2.75) is 20.5 Å². The second-order valence-electron chi connectivity index (χ2n) is 7.36. The molecule has 0 aromatic heterocycles. The molecule has 7 heteroatoms. The first-order valence-electron chi connectivity index (χ1n) is 10.1. The molecule has 0 spiro atoms. The molecule has 0 aliphatic carbocycles. The summed E-state index contributed by atoms with van der Waals surface area (Å²) in [6.07, 6.45) is 1.46. The summed E-state index contributed by atoms with van der Waals surface area (Å²) in [4.78, 5) is 12.7. The third kappa shape index (κ3) is 6.16. The molecule has 0 aliphatic heterocycles. The highest BCUT2D eigenvalue weighted by Crippen LogP contribution is 2.38. The average molecular weight is 526 g/mol. The zero-order chi connectivity index (χ0) is 24.0.